The van der Waals surface area contributed by atoms with Crippen molar-refractivity contribution in [2.45, 2.75) is 0 Å². The zero-order valence-electron chi connectivity index (χ0n) is 11.1. The molecule has 0 fully saturated rings. The highest BCUT2D eigenvalue weighted by Gasteiger charge is 2.16. The van der Waals surface area contributed by atoms with Crippen molar-refractivity contribution < 1.29 is 9.63 Å². The molecule has 1 aromatic carbocycles. The summed E-state index contributed by atoms with van der Waals surface area (Å²) in [6.45, 7) is 0. The number of hydrogen-bond acceptors (Lipinski definition) is 5. The fourth-order valence-electron chi connectivity index (χ4n) is 2.18. The molecule has 0 atom stereocenters. The number of benzene rings is 1. The van der Waals surface area contributed by atoms with Gasteiger partial charge in [0.25, 0.3) is 5.89 Å². The predicted molar refractivity (Wildman–Crippen MR) is 81.5 cm³/mol. The van der Waals surface area contributed by atoms with Gasteiger partial charge in [-0.05, 0) is 30.3 Å². The number of fused-ring (bicyclic) bond motifs is 1. The number of rotatable bonds is 2. The molecule has 108 valence electrons. The van der Waals surface area contributed by atoms with E-state index in [1.54, 1.807) is 24.3 Å². The van der Waals surface area contributed by atoms with Crippen molar-refractivity contribution >= 4 is 22.6 Å². The number of pyridine rings is 1. The first-order valence-corrected chi connectivity index (χ1v) is 6.86. The molecule has 0 saturated carbocycles. The lowest BCUT2D eigenvalue weighted by Gasteiger charge is -2.00. The van der Waals surface area contributed by atoms with Crippen molar-refractivity contribution in [2.24, 2.45) is 0 Å². The number of aromatic amines is 1. The Balaban J connectivity index is 1.79. The Hall–Kier alpha value is -2.86. The van der Waals surface area contributed by atoms with E-state index in [2.05, 4.69) is 20.1 Å². The van der Waals surface area contributed by atoms with E-state index in [4.69, 9.17) is 16.1 Å². The summed E-state index contributed by atoms with van der Waals surface area (Å²) < 4.78 is 5.21. The van der Waals surface area contributed by atoms with Crippen molar-refractivity contribution in [3.63, 3.8) is 0 Å². The summed E-state index contributed by atoms with van der Waals surface area (Å²) in [7, 11) is 0. The van der Waals surface area contributed by atoms with Crippen molar-refractivity contribution in [1.29, 1.82) is 0 Å². The van der Waals surface area contributed by atoms with Gasteiger partial charge in [0, 0.05) is 6.20 Å². The first-order chi connectivity index (χ1) is 10.7. The van der Waals surface area contributed by atoms with Crippen LogP contribution in [0.2, 0.25) is 5.02 Å². The molecule has 0 aliphatic carbocycles. The average Bonchev–Trinajstić information content (AvgIpc) is 3.17. The summed E-state index contributed by atoms with van der Waals surface area (Å²) >= 11 is 5.88. The first-order valence-electron chi connectivity index (χ1n) is 6.48. The molecular weight excluding hydrogens is 304 g/mol. The van der Waals surface area contributed by atoms with Crippen LogP contribution in [-0.4, -0.2) is 25.2 Å². The number of phenolic OH excluding ortho intramolecular Hbond substituents is 1. The Morgan fingerprint density at radius 1 is 1.09 bits per heavy atom. The summed E-state index contributed by atoms with van der Waals surface area (Å²) in [5, 5.41) is 14.1. The molecule has 6 nitrogen and oxygen atoms in total. The minimum atomic E-state index is -0.0894. The van der Waals surface area contributed by atoms with E-state index >= 15 is 0 Å². The lowest BCUT2D eigenvalue weighted by molar-refractivity contribution is 0.425. The monoisotopic (exact) mass is 312 g/mol. The molecule has 4 rings (SSSR count). The summed E-state index contributed by atoms with van der Waals surface area (Å²) in [6.07, 6.45) is 1.81. The average molecular weight is 313 g/mol. The van der Waals surface area contributed by atoms with Crippen LogP contribution in [-0.2, 0) is 0 Å². The van der Waals surface area contributed by atoms with Crippen LogP contribution in [0.5, 0.6) is 5.75 Å². The van der Waals surface area contributed by atoms with Crippen molar-refractivity contribution in [2.75, 3.05) is 0 Å². The number of nitrogens with one attached hydrogen (secondary N) is 1. The van der Waals surface area contributed by atoms with Gasteiger partial charge in [0.1, 0.15) is 11.4 Å². The van der Waals surface area contributed by atoms with Crippen LogP contribution >= 0.6 is 11.6 Å². The number of hydrogen-bond donors (Lipinski definition) is 2. The second-order valence-corrected chi connectivity index (χ2v) is 5.07. The Morgan fingerprint density at radius 3 is 2.91 bits per heavy atom. The molecule has 0 unspecified atom stereocenters. The van der Waals surface area contributed by atoms with Gasteiger partial charge >= 0.3 is 0 Å². The number of H-pyrrole nitrogens is 1. The number of para-hydroxylation sites is 1. The summed E-state index contributed by atoms with van der Waals surface area (Å²) in [5.41, 5.74) is 2.71. The first kappa shape index (κ1) is 12.8. The van der Waals surface area contributed by atoms with Crippen LogP contribution in [0.3, 0.4) is 0 Å². The highest BCUT2D eigenvalue weighted by molar-refractivity contribution is 6.32. The van der Waals surface area contributed by atoms with E-state index in [-0.39, 0.29) is 16.7 Å². The third-order valence-corrected chi connectivity index (χ3v) is 3.58. The molecule has 0 spiro atoms. The number of phenols is 1. The van der Waals surface area contributed by atoms with Crippen LogP contribution in [0.15, 0.2) is 47.1 Å². The van der Waals surface area contributed by atoms with E-state index in [1.165, 1.54) is 0 Å². The summed E-state index contributed by atoms with van der Waals surface area (Å²) in [5.74, 6) is 0.442. The fraction of sp³-hybridized carbons (Fsp3) is 0. The van der Waals surface area contributed by atoms with Gasteiger partial charge in [0.05, 0.1) is 21.6 Å². The fourth-order valence-corrected chi connectivity index (χ4v) is 2.36. The SMILES string of the molecule is Oc1c(Cl)cccc1-c1nc(-c2ccc3[nH]ccc3n2)no1. The molecule has 0 aliphatic rings. The van der Waals surface area contributed by atoms with Crippen LogP contribution in [0.4, 0.5) is 0 Å². The highest BCUT2D eigenvalue weighted by atomic mass is 35.5. The Morgan fingerprint density at radius 2 is 2.00 bits per heavy atom. The van der Waals surface area contributed by atoms with E-state index in [0.29, 0.717) is 17.1 Å². The molecule has 22 heavy (non-hydrogen) atoms. The number of aromatic hydroxyl groups is 1. The number of halogens is 1. The van der Waals surface area contributed by atoms with Crippen molar-refractivity contribution in [1.82, 2.24) is 20.1 Å². The maximum atomic E-state index is 9.96. The summed E-state index contributed by atoms with van der Waals surface area (Å²) in [4.78, 5) is 11.8. The van der Waals surface area contributed by atoms with E-state index in [1.807, 2.05) is 18.3 Å². The smallest absolute Gasteiger partial charge is 0.262 e. The van der Waals surface area contributed by atoms with Gasteiger partial charge in [0.15, 0.2) is 0 Å². The third kappa shape index (κ3) is 2.01. The molecule has 3 aromatic heterocycles. The van der Waals surface area contributed by atoms with Crippen LogP contribution in [0, 0.1) is 0 Å². The van der Waals surface area contributed by atoms with E-state index in [9.17, 15) is 5.11 Å². The Kier molecular flexibility index (Phi) is 2.83. The number of aromatic nitrogens is 4. The normalized spacial score (nSPS) is 11.1. The predicted octanol–water partition coefficient (Wildman–Crippen LogP) is 3.64. The van der Waals surface area contributed by atoms with E-state index in [0.717, 1.165) is 11.0 Å². The second-order valence-electron chi connectivity index (χ2n) is 4.67. The molecule has 2 N–H and O–H groups in total. The lowest BCUT2D eigenvalue weighted by Crippen LogP contribution is -1.86. The van der Waals surface area contributed by atoms with Crippen LogP contribution < -0.4 is 0 Å². The minimum Gasteiger partial charge on any atom is -0.506 e. The van der Waals surface area contributed by atoms with Crippen molar-refractivity contribution in [3.05, 3.63) is 47.6 Å². The molecule has 0 amide bonds. The standard InChI is InChI=1S/C15H9ClN4O2/c16-9-3-1-2-8(13(9)21)15-19-14(20-22-15)12-5-4-10-11(18-12)6-7-17-10/h1-7,17,21H. The van der Waals surface area contributed by atoms with Gasteiger partial charge < -0.3 is 14.6 Å². The van der Waals surface area contributed by atoms with Gasteiger partial charge in [-0.1, -0.05) is 22.8 Å². The lowest BCUT2D eigenvalue weighted by atomic mass is 10.2. The third-order valence-electron chi connectivity index (χ3n) is 3.28. The molecular formula is C15H9ClN4O2. The zero-order chi connectivity index (χ0) is 15.1. The maximum Gasteiger partial charge on any atom is 0.262 e. The Labute approximate surface area is 129 Å². The topological polar surface area (TPSA) is 87.8 Å². The van der Waals surface area contributed by atoms with E-state index < -0.39 is 0 Å². The zero-order valence-corrected chi connectivity index (χ0v) is 11.9. The molecule has 0 bridgehead atoms. The molecule has 7 heteroatoms. The largest absolute Gasteiger partial charge is 0.506 e. The highest BCUT2D eigenvalue weighted by Crippen LogP contribution is 2.34. The van der Waals surface area contributed by atoms with Gasteiger partial charge in [-0.3, -0.25) is 0 Å². The van der Waals surface area contributed by atoms with Gasteiger partial charge in [-0.15, -0.1) is 0 Å². The van der Waals surface area contributed by atoms with Crippen LogP contribution in [0.25, 0.3) is 34.0 Å². The van der Waals surface area contributed by atoms with Gasteiger partial charge in [-0.2, -0.15) is 4.98 Å². The molecule has 4 aromatic rings. The molecule has 0 radical (unpaired) electrons. The Bertz CT molecular complexity index is 977. The van der Waals surface area contributed by atoms with Crippen molar-refractivity contribution in [3.8, 4) is 28.7 Å². The summed E-state index contributed by atoms with van der Waals surface area (Å²) in [6, 6.07) is 10.5. The minimum absolute atomic E-state index is 0.0894. The van der Waals surface area contributed by atoms with Gasteiger partial charge in [0.2, 0.25) is 5.82 Å². The van der Waals surface area contributed by atoms with Crippen LogP contribution in [0.1, 0.15) is 0 Å². The quantitative estimate of drug-likeness (QED) is 0.590. The molecule has 0 aliphatic heterocycles. The number of nitrogens with zero attached hydrogens (tertiary/aromatic N) is 3. The molecule has 0 saturated heterocycles. The van der Waals surface area contributed by atoms with Gasteiger partial charge in [-0.25, -0.2) is 4.98 Å². The second kappa shape index (κ2) is 4.85. The molecule has 3 heterocycles. The maximum absolute atomic E-state index is 9.96.